The molecule has 0 saturated heterocycles. The lowest BCUT2D eigenvalue weighted by atomic mass is 9.90. The van der Waals surface area contributed by atoms with E-state index in [1.165, 1.54) is 31.3 Å². The molecule has 0 aromatic heterocycles. The maximum Gasteiger partial charge on any atom is -0.0280 e. The van der Waals surface area contributed by atoms with Gasteiger partial charge in [0.15, 0.2) is 0 Å². The maximum atomic E-state index is 2.37. The first-order valence-electron chi connectivity index (χ1n) is 5.61. The molecule has 13 heavy (non-hydrogen) atoms. The van der Waals surface area contributed by atoms with Gasteiger partial charge in [-0.25, -0.2) is 0 Å². The summed E-state index contributed by atoms with van der Waals surface area (Å²) in [5, 5.41) is 0. The van der Waals surface area contributed by atoms with Crippen molar-refractivity contribution in [3.63, 3.8) is 0 Å². The minimum Gasteiger partial charge on any atom is -0.0810 e. The van der Waals surface area contributed by atoms with Crippen LogP contribution < -0.4 is 0 Å². The van der Waals surface area contributed by atoms with Gasteiger partial charge in [0.05, 0.1) is 0 Å². The van der Waals surface area contributed by atoms with Gasteiger partial charge in [0.1, 0.15) is 0 Å². The largest absolute Gasteiger partial charge is 0.0810 e. The summed E-state index contributed by atoms with van der Waals surface area (Å²) in [6, 6.07) is 0. The number of rotatable bonds is 2. The molecule has 0 bridgehead atoms. The van der Waals surface area contributed by atoms with Crippen LogP contribution in [-0.2, 0) is 0 Å². The molecule has 0 nitrogen and oxygen atoms in total. The van der Waals surface area contributed by atoms with Gasteiger partial charge in [-0.3, -0.25) is 0 Å². The van der Waals surface area contributed by atoms with E-state index < -0.39 is 0 Å². The molecule has 0 amide bonds. The molecule has 0 unspecified atom stereocenters. The molecular formula is C13H24. The minimum atomic E-state index is 1.25. The zero-order chi connectivity index (χ0) is 10.3. The van der Waals surface area contributed by atoms with E-state index in [-0.39, 0.29) is 0 Å². The Morgan fingerprint density at radius 3 is 2.31 bits per heavy atom. The van der Waals surface area contributed by atoms with E-state index in [4.69, 9.17) is 0 Å². The minimum absolute atomic E-state index is 1.25. The van der Waals surface area contributed by atoms with Crippen LogP contribution in [0.3, 0.4) is 0 Å². The number of hydrogen-bond acceptors (Lipinski definition) is 0. The van der Waals surface area contributed by atoms with E-state index in [0.717, 1.165) is 0 Å². The van der Waals surface area contributed by atoms with Crippen LogP contribution in [0, 0.1) is 0 Å². The summed E-state index contributed by atoms with van der Waals surface area (Å²) in [7, 11) is 0. The predicted molar refractivity (Wildman–Crippen MR) is 61.9 cm³/mol. The Kier molecular flexibility index (Phi) is 6.66. The highest BCUT2D eigenvalue weighted by Crippen LogP contribution is 2.27. The number of allylic oxidation sites excluding steroid dienone is 4. The van der Waals surface area contributed by atoms with Crippen molar-refractivity contribution in [3.8, 4) is 0 Å². The zero-order valence-corrected chi connectivity index (χ0v) is 9.91. The standard InChI is InChI=1S/C11H18.C2H6/c1-4-6-11-9(2)7-5-8-10(11)3;1-2/h7H,4-6,8H2,1-3H3;1-2H3. The summed E-state index contributed by atoms with van der Waals surface area (Å²) >= 11 is 0. The second-order valence-corrected chi connectivity index (χ2v) is 3.43. The summed E-state index contributed by atoms with van der Waals surface area (Å²) in [6.07, 6.45) is 7.46. The van der Waals surface area contributed by atoms with Crippen LogP contribution in [0.1, 0.15) is 60.3 Å². The monoisotopic (exact) mass is 180 g/mol. The Hall–Kier alpha value is -0.520. The van der Waals surface area contributed by atoms with Crippen molar-refractivity contribution in [1.82, 2.24) is 0 Å². The molecular weight excluding hydrogens is 156 g/mol. The second kappa shape index (κ2) is 6.94. The van der Waals surface area contributed by atoms with Gasteiger partial charge in [-0.1, -0.05) is 44.4 Å². The molecule has 0 heteroatoms. The lowest BCUT2D eigenvalue weighted by Gasteiger charge is -2.16. The molecule has 0 spiro atoms. The smallest absolute Gasteiger partial charge is 0.0280 e. The fraction of sp³-hybridized carbons (Fsp3) is 0.692. The third kappa shape index (κ3) is 3.80. The van der Waals surface area contributed by atoms with Crippen molar-refractivity contribution in [2.24, 2.45) is 0 Å². The Morgan fingerprint density at radius 1 is 1.23 bits per heavy atom. The zero-order valence-electron chi connectivity index (χ0n) is 9.91. The normalized spacial score (nSPS) is 16.2. The molecule has 0 aromatic rings. The lowest BCUT2D eigenvalue weighted by molar-refractivity contribution is 0.837. The first kappa shape index (κ1) is 12.5. The second-order valence-electron chi connectivity index (χ2n) is 3.43. The van der Waals surface area contributed by atoms with E-state index in [1.807, 2.05) is 13.8 Å². The van der Waals surface area contributed by atoms with Crippen molar-refractivity contribution < 1.29 is 0 Å². The Balaban J connectivity index is 0.000000671. The van der Waals surface area contributed by atoms with Crippen molar-refractivity contribution >= 4 is 0 Å². The fourth-order valence-electron chi connectivity index (χ4n) is 1.78. The van der Waals surface area contributed by atoms with Crippen molar-refractivity contribution in [3.05, 3.63) is 22.8 Å². The van der Waals surface area contributed by atoms with E-state index in [2.05, 4.69) is 26.8 Å². The highest BCUT2D eigenvalue weighted by atomic mass is 14.1. The fourth-order valence-corrected chi connectivity index (χ4v) is 1.78. The first-order chi connectivity index (χ1) is 6.25. The Morgan fingerprint density at radius 2 is 1.85 bits per heavy atom. The summed E-state index contributed by atoms with van der Waals surface area (Å²) in [6.45, 7) is 10.8. The van der Waals surface area contributed by atoms with Gasteiger partial charge >= 0.3 is 0 Å². The quantitative estimate of drug-likeness (QED) is 0.568. The Labute approximate surface area is 83.7 Å². The van der Waals surface area contributed by atoms with E-state index >= 15 is 0 Å². The average Bonchev–Trinajstić information content (AvgIpc) is 2.15. The van der Waals surface area contributed by atoms with E-state index in [0.29, 0.717) is 0 Å². The molecule has 0 radical (unpaired) electrons. The maximum absolute atomic E-state index is 2.37. The predicted octanol–water partition coefficient (Wildman–Crippen LogP) is 4.87. The van der Waals surface area contributed by atoms with Crippen molar-refractivity contribution in [1.29, 1.82) is 0 Å². The third-order valence-corrected chi connectivity index (χ3v) is 2.46. The molecule has 0 aliphatic heterocycles. The van der Waals surface area contributed by atoms with Gasteiger partial charge in [-0.05, 0) is 38.7 Å². The summed E-state index contributed by atoms with van der Waals surface area (Å²) in [5.41, 5.74) is 4.77. The molecule has 0 fully saturated rings. The van der Waals surface area contributed by atoms with Crippen LogP contribution in [0.4, 0.5) is 0 Å². The summed E-state index contributed by atoms with van der Waals surface area (Å²) in [4.78, 5) is 0. The van der Waals surface area contributed by atoms with Crippen molar-refractivity contribution in [2.45, 2.75) is 60.3 Å². The van der Waals surface area contributed by atoms with E-state index in [9.17, 15) is 0 Å². The Bertz CT molecular complexity index is 194. The van der Waals surface area contributed by atoms with Gasteiger partial charge in [-0.2, -0.15) is 0 Å². The molecule has 0 aromatic carbocycles. The van der Waals surface area contributed by atoms with Crippen LogP contribution in [0.2, 0.25) is 0 Å². The topological polar surface area (TPSA) is 0 Å². The summed E-state index contributed by atoms with van der Waals surface area (Å²) in [5.74, 6) is 0. The van der Waals surface area contributed by atoms with Gasteiger partial charge in [-0.15, -0.1) is 0 Å². The highest BCUT2D eigenvalue weighted by molar-refractivity contribution is 5.36. The molecule has 0 heterocycles. The van der Waals surface area contributed by atoms with Gasteiger partial charge in [0, 0.05) is 0 Å². The highest BCUT2D eigenvalue weighted by Gasteiger charge is 2.07. The van der Waals surface area contributed by atoms with Crippen LogP contribution in [-0.4, -0.2) is 0 Å². The third-order valence-electron chi connectivity index (χ3n) is 2.46. The SMILES string of the molecule is CC.CCCC1=C(C)CCC=C1C. The molecule has 0 N–H and O–H groups in total. The van der Waals surface area contributed by atoms with Gasteiger partial charge < -0.3 is 0 Å². The van der Waals surface area contributed by atoms with Gasteiger partial charge in [0.2, 0.25) is 0 Å². The van der Waals surface area contributed by atoms with Gasteiger partial charge in [0.25, 0.3) is 0 Å². The molecule has 1 aliphatic rings. The van der Waals surface area contributed by atoms with Crippen LogP contribution in [0.5, 0.6) is 0 Å². The van der Waals surface area contributed by atoms with Crippen LogP contribution in [0.15, 0.2) is 22.8 Å². The molecule has 1 rings (SSSR count). The number of hydrogen-bond donors (Lipinski definition) is 0. The molecule has 0 saturated carbocycles. The average molecular weight is 180 g/mol. The van der Waals surface area contributed by atoms with Crippen molar-refractivity contribution in [2.75, 3.05) is 0 Å². The molecule has 1 aliphatic carbocycles. The summed E-state index contributed by atoms with van der Waals surface area (Å²) < 4.78 is 0. The molecule has 76 valence electrons. The lowest BCUT2D eigenvalue weighted by Crippen LogP contribution is -1.96. The first-order valence-corrected chi connectivity index (χ1v) is 5.61. The van der Waals surface area contributed by atoms with E-state index in [1.54, 1.807) is 11.1 Å². The van der Waals surface area contributed by atoms with Crippen LogP contribution in [0.25, 0.3) is 0 Å². The van der Waals surface area contributed by atoms with Crippen LogP contribution >= 0.6 is 0 Å². The molecule has 0 atom stereocenters.